The van der Waals surface area contributed by atoms with Gasteiger partial charge in [0.15, 0.2) is 5.70 Å². The van der Waals surface area contributed by atoms with Gasteiger partial charge in [-0.05, 0) is 44.2 Å². The Morgan fingerprint density at radius 2 is 2.04 bits per heavy atom. The van der Waals surface area contributed by atoms with Crippen LogP contribution in [0.25, 0.3) is 6.08 Å². The summed E-state index contributed by atoms with van der Waals surface area (Å²) in [4.78, 5) is 16.3. The van der Waals surface area contributed by atoms with Crippen LogP contribution in [0.4, 0.5) is 0 Å². The SMILES string of the molecule is CCOc1ccc(C2=N/C(=C\c3c(C)nn(C)c3Cl)C(=O)O2)cc1. The Labute approximate surface area is 144 Å². The van der Waals surface area contributed by atoms with Gasteiger partial charge in [-0.3, -0.25) is 4.68 Å². The number of benzene rings is 1. The molecular formula is C17H16ClN3O3. The normalized spacial score (nSPS) is 15.6. The molecular weight excluding hydrogens is 330 g/mol. The number of aliphatic imine (C=N–C) groups is 1. The third-order valence-corrected chi connectivity index (χ3v) is 3.96. The van der Waals surface area contributed by atoms with Crippen molar-refractivity contribution in [2.75, 3.05) is 6.61 Å². The van der Waals surface area contributed by atoms with Gasteiger partial charge in [0.2, 0.25) is 5.90 Å². The highest BCUT2D eigenvalue weighted by atomic mass is 35.5. The van der Waals surface area contributed by atoms with Crippen LogP contribution in [0, 0.1) is 6.92 Å². The van der Waals surface area contributed by atoms with E-state index in [-0.39, 0.29) is 11.6 Å². The van der Waals surface area contributed by atoms with Crippen molar-refractivity contribution < 1.29 is 14.3 Å². The molecule has 124 valence electrons. The molecule has 0 saturated carbocycles. The van der Waals surface area contributed by atoms with Gasteiger partial charge in [0.25, 0.3) is 0 Å². The lowest BCUT2D eigenvalue weighted by atomic mass is 10.2. The van der Waals surface area contributed by atoms with E-state index in [9.17, 15) is 4.79 Å². The van der Waals surface area contributed by atoms with E-state index in [0.717, 1.165) is 5.75 Å². The number of carbonyl (C=O) groups excluding carboxylic acids is 1. The number of esters is 1. The second-order valence-electron chi connectivity index (χ2n) is 5.21. The number of ether oxygens (including phenoxy) is 2. The average Bonchev–Trinajstić information content (AvgIpc) is 3.04. The van der Waals surface area contributed by atoms with E-state index in [2.05, 4.69) is 10.1 Å². The lowest BCUT2D eigenvalue weighted by Crippen LogP contribution is -2.05. The maximum Gasteiger partial charge on any atom is 0.363 e. The number of hydrogen-bond donors (Lipinski definition) is 0. The van der Waals surface area contributed by atoms with Crippen LogP contribution < -0.4 is 4.74 Å². The molecule has 2 heterocycles. The van der Waals surface area contributed by atoms with Crippen molar-refractivity contribution in [3.05, 3.63) is 51.9 Å². The summed E-state index contributed by atoms with van der Waals surface area (Å²) in [7, 11) is 1.74. The van der Waals surface area contributed by atoms with Gasteiger partial charge in [0, 0.05) is 18.2 Å². The van der Waals surface area contributed by atoms with Gasteiger partial charge >= 0.3 is 5.97 Å². The van der Waals surface area contributed by atoms with E-state index in [0.29, 0.717) is 28.6 Å². The number of halogens is 1. The highest BCUT2D eigenvalue weighted by Crippen LogP contribution is 2.25. The number of aromatic nitrogens is 2. The van der Waals surface area contributed by atoms with Gasteiger partial charge in [-0.1, -0.05) is 11.6 Å². The van der Waals surface area contributed by atoms with E-state index >= 15 is 0 Å². The van der Waals surface area contributed by atoms with Crippen LogP contribution >= 0.6 is 11.6 Å². The molecule has 1 aromatic carbocycles. The molecule has 0 bridgehead atoms. The fourth-order valence-electron chi connectivity index (χ4n) is 2.34. The van der Waals surface area contributed by atoms with E-state index in [1.165, 1.54) is 0 Å². The number of carbonyl (C=O) groups is 1. The summed E-state index contributed by atoms with van der Waals surface area (Å²) in [6, 6.07) is 7.20. The van der Waals surface area contributed by atoms with Crippen molar-refractivity contribution in [1.29, 1.82) is 0 Å². The third-order valence-electron chi connectivity index (χ3n) is 3.51. The molecule has 0 saturated heterocycles. The zero-order valence-electron chi connectivity index (χ0n) is 13.5. The number of nitrogens with zero attached hydrogens (tertiary/aromatic N) is 3. The molecule has 0 unspecified atom stereocenters. The maximum absolute atomic E-state index is 12.1. The molecule has 0 fully saturated rings. The molecule has 1 aliphatic rings. The van der Waals surface area contributed by atoms with Crippen LogP contribution in [0.2, 0.25) is 5.15 Å². The van der Waals surface area contributed by atoms with Crippen molar-refractivity contribution in [2.45, 2.75) is 13.8 Å². The predicted molar refractivity (Wildman–Crippen MR) is 91.2 cm³/mol. The van der Waals surface area contributed by atoms with Crippen LogP contribution in [0.15, 0.2) is 35.0 Å². The summed E-state index contributed by atoms with van der Waals surface area (Å²) in [5.74, 6) is 0.491. The van der Waals surface area contributed by atoms with Crippen molar-refractivity contribution in [1.82, 2.24) is 9.78 Å². The summed E-state index contributed by atoms with van der Waals surface area (Å²) >= 11 is 6.18. The Morgan fingerprint density at radius 3 is 2.62 bits per heavy atom. The van der Waals surface area contributed by atoms with Crippen LogP contribution in [0.5, 0.6) is 5.75 Å². The lowest BCUT2D eigenvalue weighted by molar-refractivity contribution is -0.129. The van der Waals surface area contributed by atoms with Crippen LogP contribution in [-0.2, 0) is 16.6 Å². The summed E-state index contributed by atoms with van der Waals surface area (Å²) in [5.41, 5.74) is 2.26. The Balaban J connectivity index is 1.91. The Hall–Kier alpha value is -2.60. The fraction of sp³-hybridized carbons (Fsp3) is 0.235. The number of hydrogen-bond acceptors (Lipinski definition) is 5. The van der Waals surface area contributed by atoms with E-state index in [1.807, 2.05) is 13.8 Å². The minimum Gasteiger partial charge on any atom is -0.494 e. The number of aryl methyl sites for hydroxylation is 2. The van der Waals surface area contributed by atoms with Crippen LogP contribution in [0.3, 0.4) is 0 Å². The van der Waals surface area contributed by atoms with E-state index < -0.39 is 5.97 Å². The number of cyclic esters (lactones) is 1. The topological polar surface area (TPSA) is 65.7 Å². The van der Waals surface area contributed by atoms with Crippen LogP contribution in [0.1, 0.15) is 23.7 Å². The molecule has 1 aromatic heterocycles. The maximum atomic E-state index is 12.1. The van der Waals surface area contributed by atoms with E-state index in [4.69, 9.17) is 21.1 Å². The molecule has 6 nitrogen and oxygen atoms in total. The van der Waals surface area contributed by atoms with Crippen molar-refractivity contribution >= 4 is 29.5 Å². The first-order valence-electron chi connectivity index (χ1n) is 7.44. The smallest absolute Gasteiger partial charge is 0.363 e. The Bertz CT molecular complexity index is 851. The molecule has 1 aliphatic heterocycles. The first-order valence-corrected chi connectivity index (χ1v) is 7.82. The molecule has 0 atom stereocenters. The standard InChI is InChI=1S/C17H16ClN3O3/c1-4-23-12-7-5-11(6-8-12)16-19-14(17(22)24-16)9-13-10(2)20-21(3)15(13)18/h5-9H,4H2,1-3H3/b14-9-. The van der Waals surface area contributed by atoms with Gasteiger partial charge in [-0.15, -0.1) is 0 Å². The first kappa shape index (κ1) is 16.3. The largest absolute Gasteiger partial charge is 0.494 e. The minimum absolute atomic E-state index is 0.192. The molecule has 24 heavy (non-hydrogen) atoms. The van der Waals surface area contributed by atoms with Gasteiger partial charge in [0.1, 0.15) is 10.9 Å². The molecule has 0 aliphatic carbocycles. The molecule has 3 rings (SSSR count). The summed E-state index contributed by atoms with van der Waals surface area (Å²) in [6.07, 6.45) is 1.59. The first-order chi connectivity index (χ1) is 11.5. The summed E-state index contributed by atoms with van der Waals surface area (Å²) < 4.78 is 12.2. The monoisotopic (exact) mass is 345 g/mol. The average molecular weight is 346 g/mol. The van der Waals surface area contributed by atoms with Crippen molar-refractivity contribution in [3.63, 3.8) is 0 Å². The fourth-order valence-corrected chi connectivity index (χ4v) is 2.57. The molecule has 0 radical (unpaired) electrons. The third kappa shape index (κ3) is 3.05. The van der Waals surface area contributed by atoms with Crippen LogP contribution in [-0.4, -0.2) is 28.3 Å². The van der Waals surface area contributed by atoms with Crippen molar-refractivity contribution in [2.24, 2.45) is 12.0 Å². The highest BCUT2D eigenvalue weighted by molar-refractivity contribution is 6.31. The van der Waals surface area contributed by atoms with Gasteiger partial charge in [-0.2, -0.15) is 5.10 Å². The summed E-state index contributed by atoms with van der Waals surface area (Å²) in [5, 5.41) is 4.65. The number of rotatable bonds is 4. The predicted octanol–water partition coefficient (Wildman–Crippen LogP) is 3.13. The Morgan fingerprint density at radius 1 is 1.33 bits per heavy atom. The highest BCUT2D eigenvalue weighted by Gasteiger charge is 2.25. The quantitative estimate of drug-likeness (QED) is 0.630. The minimum atomic E-state index is -0.516. The van der Waals surface area contributed by atoms with Gasteiger partial charge in [0.05, 0.1) is 12.3 Å². The Kier molecular flexibility index (Phi) is 4.40. The molecule has 0 N–H and O–H groups in total. The molecule has 0 amide bonds. The molecule has 2 aromatic rings. The van der Waals surface area contributed by atoms with Gasteiger partial charge < -0.3 is 9.47 Å². The second-order valence-corrected chi connectivity index (χ2v) is 5.56. The lowest BCUT2D eigenvalue weighted by Gasteiger charge is -2.03. The van der Waals surface area contributed by atoms with E-state index in [1.54, 1.807) is 42.1 Å². The summed E-state index contributed by atoms with van der Waals surface area (Å²) in [6.45, 7) is 4.32. The van der Waals surface area contributed by atoms with Gasteiger partial charge in [-0.25, -0.2) is 9.79 Å². The van der Waals surface area contributed by atoms with Crippen molar-refractivity contribution in [3.8, 4) is 5.75 Å². The zero-order valence-corrected chi connectivity index (χ0v) is 14.3. The second kappa shape index (κ2) is 6.49. The molecule has 0 spiro atoms. The molecule has 7 heteroatoms. The zero-order chi connectivity index (χ0) is 17.3.